The molecule has 0 bridgehead atoms. The Kier molecular flexibility index (Phi) is 2.41. The highest BCUT2D eigenvalue weighted by molar-refractivity contribution is 5.24. The maximum absolute atomic E-state index is 5.64. The van der Waals surface area contributed by atoms with E-state index in [9.17, 15) is 0 Å². The van der Waals surface area contributed by atoms with Crippen molar-refractivity contribution in [1.82, 2.24) is 14.8 Å². The molecule has 1 aromatic rings. The SMILES string of the molecule is CNc1nnc(C2OCCC2C)n1C. The van der Waals surface area contributed by atoms with Gasteiger partial charge in [-0.1, -0.05) is 6.92 Å². The van der Waals surface area contributed by atoms with Crippen LogP contribution in [0.4, 0.5) is 5.95 Å². The average molecular weight is 196 g/mol. The van der Waals surface area contributed by atoms with Gasteiger partial charge in [0, 0.05) is 20.7 Å². The van der Waals surface area contributed by atoms with E-state index >= 15 is 0 Å². The van der Waals surface area contributed by atoms with Gasteiger partial charge in [-0.05, 0) is 12.3 Å². The third kappa shape index (κ3) is 1.37. The number of aromatic nitrogens is 3. The topological polar surface area (TPSA) is 52.0 Å². The Morgan fingerprint density at radius 1 is 1.50 bits per heavy atom. The van der Waals surface area contributed by atoms with Crippen molar-refractivity contribution in [1.29, 1.82) is 0 Å². The number of anilines is 1. The summed E-state index contributed by atoms with van der Waals surface area (Å²) in [6.07, 6.45) is 1.21. The van der Waals surface area contributed by atoms with Gasteiger partial charge in [-0.25, -0.2) is 0 Å². The Morgan fingerprint density at radius 2 is 2.29 bits per heavy atom. The number of rotatable bonds is 2. The van der Waals surface area contributed by atoms with Gasteiger partial charge in [0.05, 0.1) is 0 Å². The van der Waals surface area contributed by atoms with Gasteiger partial charge in [-0.2, -0.15) is 0 Å². The van der Waals surface area contributed by atoms with Crippen LogP contribution in [0.15, 0.2) is 0 Å². The average Bonchev–Trinajstić information content (AvgIpc) is 2.72. The summed E-state index contributed by atoms with van der Waals surface area (Å²) < 4.78 is 7.59. The largest absolute Gasteiger partial charge is 0.370 e. The Labute approximate surface area is 83.5 Å². The van der Waals surface area contributed by atoms with Gasteiger partial charge < -0.3 is 10.1 Å². The number of hydrogen-bond donors (Lipinski definition) is 1. The quantitative estimate of drug-likeness (QED) is 0.765. The van der Waals surface area contributed by atoms with Gasteiger partial charge in [-0.3, -0.25) is 4.57 Å². The van der Waals surface area contributed by atoms with Crippen molar-refractivity contribution in [3.8, 4) is 0 Å². The molecule has 1 aromatic heterocycles. The van der Waals surface area contributed by atoms with Crippen LogP contribution in [0.5, 0.6) is 0 Å². The van der Waals surface area contributed by atoms with Gasteiger partial charge in [0.25, 0.3) is 0 Å². The lowest BCUT2D eigenvalue weighted by atomic mass is 10.0. The van der Waals surface area contributed by atoms with Gasteiger partial charge in [-0.15, -0.1) is 10.2 Å². The van der Waals surface area contributed by atoms with Crippen LogP contribution in [0.3, 0.4) is 0 Å². The molecule has 2 rings (SSSR count). The molecule has 0 aromatic carbocycles. The third-order valence-corrected chi connectivity index (χ3v) is 2.77. The predicted octanol–water partition coefficient (Wildman–Crippen LogP) is 0.954. The van der Waals surface area contributed by atoms with E-state index in [0.717, 1.165) is 24.8 Å². The molecule has 1 N–H and O–H groups in total. The van der Waals surface area contributed by atoms with Crippen LogP contribution >= 0.6 is 0 Å². The van der Waals surface area contributed by atoms with Crippen molar-refractivity contribution in [2.24, 2.45) is 13.0 Å². The highest BCUT2D eigenvalue weighted by Gasteiger charge is 2.30. The van der Waals surface area contributed by atoms with E-state index in [-0.39, 0.29) is 6.10 Å². The number of nitrogens with zero attached hydrogens (tertiary/aromatic N) is 3. The van der Waals surface area contributed by atoms with Crippen molar-refractivity contribution < 1.29 is 4.74 Å². The molecule has 1 fully saturated rings. The molecule has 1 aliphatic rings. The fourth-order valence-electron chi connectivity index (χ4n) is 1.83. The highest BCUT2D eigenvalue weighted by atomic mass is 16.5. The first-order chi connectivity index (χ1) is 6.74. The zero-order chi connectivity index (χ0) is 10.1. The molecule has 5 nitrogen and oxygen atoms in total. The molecule has 1 aliphatic heterocycles. The summed E-state index contributed by atoms with van der Waals surface area (Å²) in [4.78, 5) is 0. The van der Waals surface area contributed by atoms with E-state index in [1.165, 1.54) is 0 Å². The van der Waals surface area contributed by atoms with Crippen LogP contribution in [0.2, 0.25) is 0 Å². The fraction of sp³-hybridized carbons (Fsp3) is 0.778. The number of hydrogen-bond acceptors (Lipinski definition) is 4. The monoisotopic (exact) mass is 196 g/mol. The fourth-order valence-corrected chi connectivity index (χ4v) is 1.83. The maximum atomic E-state index is 5.64. The molecular weight excluding hydrogens is 180 g/mol. The smallest absolute Gasteiger partial charge is 0.224 e. The minimum Gasteiger partial charge on any atom is -0.370 e. The van der Waals surface area contributed by atoms with Gasteiger partial charge >= 0.3 is 0 Å². The van der Waals surface area contributed by atoms with E-state index in [1.54, 1.807) is 0 Å². The van der Waals surface area contributed by atoms with Crippen LogP contribution < -0.4 is 5.32 Å². The first-order valence-electron chi connectivity index (χ1n) is 4.92. The Balaban J connectivity index is 2.27. The molecule has 0 amide bonds. The molecule has 0 saturated carbocycles. The minimum absolute atomic E-state index is 0.106. The zero-order valence-corrected chi connectivity index (χ0v) is 8.82. The van der Waals surface area contributed by atoms with Gasteiger partial charge in [0.15, 0.2) is 5.82 Å². The summed E-state index contributed by atoms with van der Waals surface area (Å²) in [6, 6.07) is 0. The maximum Gasteiger partial charge on any atom is 0.224 e. The molecule has 2 heterocycles. The van der Waals surface area contributed by atoms with E-state index in [2.05, 4.69) is 22.4 Å². The van der Waals surface area contributed by atoms with Crippen LogP contribution in [-0.2, 0) is 11.8 Å². The second-order valence-corrected chi connectivity index (χ2v) is 3.75. The zero-order valence-electron chi connectivity index (χ0n) is 8.82. The van der Waals surface area contributed by atoms with Crippen LogP contribution in [0, 0.1) is 5.92 Å². The Hall–Kier alpha value is -1.10. The summed E-state index contributed by atoms with van der Waals surface area (Å²) in [5, 5.41) is 11.2. The minimum atomic E-state index is 0.106. The van der Waals surface area contributed by atoms with Crippen LogP contribution in [0.1, 0.15) is 25.3 Å². The molecule has 0 spiro atoms. The van der Waals surface area contributed by atoms with E-state index in [0.29, 0.717) is 5.92 Å². The number of ether oxygens (including phenoxy) is 1. The van der Waals surface area contributed by atoms with Crippen molar-refractivity contribution in [3.63, 3.8) is 0 Å². The Bertz CT molecular complexity index is 323. The van der Waals surface area contributed by atoms with Crippen molar-refractivity contribution in [3.05, 3.63) is 5.82 Å². The summed E-state index contributed by atoms with van der Waals surface area (Å²) in [5.41, 5.74) is 0. The lowest BCUT2D eigenvalue weighted by Gasteiger charge is -2.13. The van der Waals surface area contributed by atoms with Crippen molar-refractivity contribution in [2.75, 3.05) is 19.0 Å². The molecule has 78 valence electrons. The van der Waals surface area contributed by atoms with Crippen LogP contribution in [0.25, 0.3) is 0 Å². The standard InChI is InChI=1S/C9H16N4O/c1-6-4-5-14-7(6)8-11-12-9(10-2)13(8)3/h6-7H,4-5H2,1-3H3,(H,10,12). The normalized spacial score (nSPS) is 26.8. The first kappa shape index (κ1) is 9.45. The molecule has 2 unspecified atom stereocenters. The third-order valence-electron chi connectivity index (χ3n) is 2.77. The molecule has 0 radical (unpaired) electrons. The van der Waals surface area contributed by atoms with E-state index < -0.39 is 0 Å². The van der Waals surface area contributed by atoms with Crippen molar-refractivity contribution in [2.45, 2.75) is 19.4 Å². The second-order valence-electron chi connectivity index (χ2n) is 3.75. The van der Waals surface area contributed by atoms with E-state index in [4.69, 9.17) is 4.74 Å². The van der Waals surface area contributed by atoms with Crippen LogP contribution in [-0.4, -0.2) is 28.4 Å². The van der Waals surface area contributed by atoms with Gasteiger partial charge in [0.2, 0.25) is 5.95 Å². The lowest BCUT2D eigenvalue weighted by molar-refractivity contribution is 0.0848. The molecule has 0 aliphatic carbocycles. The summed E-state index contributed by atoms with van der Waals surface area (Å²) >= 11 is 0. The molecule has 5 heteroatoms. The summed E-state index contributed by atoms with van der Waals surface area (Å²) in [5.74, 6) is 2.23. The summed E-state index contributed by atoms with van der Waals surface area (Å²) in [7, 11) is 3.79. The molecule has 2 atom stereocenters. The predicted molar refractivity (Wildman–Crippen MR) is 53.0 cm³/mol. The highest BCUT2D eigenvalue weighted by Crippen LogP contribution is 2.33. The number of nitrogens with one attached hydrogen (secondary N) is 1. The molecule has 1 saturated heterocycles. The van der Waals surface area contributed by atoms with Crippen molar-refractivity contribution >= 4 is 5.95 Å². The van der Waals surface area contributed by atoms with Gasteiger partial charge in [0.1, 0.15) is 6.10 Å². The molecule has 14 heavy (non-hydrogen) atoms. The first-order valence-corrected chi connectivity index (χ1v) is 4.92. The lowest BCUT2D eigenvalue weighted by Crippen LogP contribution is -2.11. The summed E-state index contributed by atoms with van der Waals surface area (Å²) in [6.45, 7) is 3.01. The molecular formula is C9H16N4O. The second kappa shape index (κ2) is 3.57. The Morgan fingerprint density at radius 3 is 2.79 bits per heavy atom. The van der Waals surface area contributed by atoms with E-state index in [1.807, 2.05) is 18.7 Å².